The molecule has 0 radical (unpaired) electrons. The number of fused-ring (bicyclic) bond motifs is 1. The number of carbonyl (C=O) groups excluding carboxylic acids is 1. The van der Waals surface area contributed by atoms with E-state index >= 15 is 0 Å². The van der Waals surface area contributed by atoms with E-state index in [-0.39, 0.29) is 17.9 Å². The Morgan fingerprint density at radius 2 is 1.93 bits per heavy atom. The van der Waals surface area contributed by atoms with Gasteiger partial charge in [0.2, 0.25) is 5.91 Å². The minimum atomic E-state index is -0.391. The molecule has 3 aromatic rings. The van der Waals surface area contributed by atoms with Crippen LogP contribution in [-0.2, 0) is 9.53 Å². The van der Waals surface area contributed by atoms with E-state index in [9.17, 15) is 4.79 Å². The van der Waals surface area contributed by atoms with Gasteiger partial charge in [0.05, 0.1) is 6.10 Å². The highest BCUT2D eigenvalue weighted by Gasteiger charge is 2.30. The third kappa shape index (κ3) is 3.75. The van der Waals surface area contributed by atoms with Crippen molar-refractivity contribution in [2.24, 2.45) is 5.73 Å². The van der Waals surface area contributed by atoms with Gasteiger partial charge in [0.25, 0.3) is 0 Å². The van der Waals surface area contributed by atoms with E-state index in [0.717, 1.165) is 18.4 Å². The molecule has 1 saturated heterocycles. The number of nitrogens with one attached hydrogen (secondary N) is 2. The first-order valence-corrected chi connectivity index (χ1v) is 9.50. The van der Waals surface area contributed by atoms with E-state index < -0.39 is 6.10 Å². The zero-order chi connectivity index (χ0) is 18.6. The van der Waals surface area contributed by atoms with Crippen molar-refractivity contribution in [1.82, 2.24) is 10.3 Å². The van der Waals surface area contributed by atoms with Crippen molar-refractivity contribution < 1.29 is 9.53 Å². The first-order chi connectivity index (χ1) is 13.3. The van der Waals surface area contributed by atoms with Gasteiger partial charge in [-0.3, -0.25) is 4.79 Å². The van der Waals surface area contributed by atoms with Crippen LogP contribution in [0.4, 0.5) is 0 Å². The fourth-order valence-corrected chi connectivity index (χ4v) is 3.86. The van der Waals surface area contributed by atoms with Crippen molar-refractivity contribution in [2.45, 2.75) is 31.0 Å². The molecule has 1 fully saturated rings. The zero-order valence-corrected chi connectivity index (χ0v) is 15.2. The number of amides is 1. The van der Waals surface area contributed by atoms with Crippen LogP contribution in [0.1, 0.15) is 29.9 Å². The molecular weight excluding hydrogens is 338 g/mol. The number of nitrogens with two attached hydrogens (primary N) is 1. The summed E-state index contributed by atoms with van der Waals surface area (Å²) in [6.07, 6.45) is 3.23. The highest BCUT2D eigenvalue weighted by atomic mass is 16.5. The van der Waals surface area contributed by atoms with Crippen molar-refractivity contribution in [1.29, 1.82) is 0 Å². The normalized spacial score (nSPS) is 20.6. The molecule has 4 rings (SSSR count). The first-order valence-electron chi connectivity index (χ1n) is 9.50. The topological polar surface area (TPSA) is 80.1 Å². The molecule has 5 heteroatoms. The lowest BCUT2D eigenvalue weighted by Crippen LogP contribution is -2.37. The summed E-state index contributed by atoms with van der Waals surface area (Å²) in [4.78, 5) is 15.9. The molecule has 3 atom stereocenters. The van der Waals surface area contributed by atoms with Gasteiger partial charge in [-0.15, -0.1) is 0 Å². The maximum Gasteiger partial charge on any atom is 0.249 e. The van der Waals surface area contributed by atoms with Gasteiger partial charge in [-0.25, -0.2) is 0 Å². The number of H-pyrrole nitrogens is 1. The van der Waals surface area contributed by atoms with Gasteiger partial charge in [-0.1, -0.05) is 48.5 Å². The van der Waals surface area contributed by atoms with Crippen molar-refractivity contribution in [3.8, 4) is 0 Å². The largest absolute Gasteiger partial charge is 0.364 e. The van der Waals surface area contributed by atoms with Gasteiger partial charge in [-0.2, -0.15) is 0 Å². The molecule has 27 heavy (non-hydrogen) atoms. The fraction of sp³-hybridized carbons (Fsp3) is 0.318. The number of hydrogen-bond acceptors (Lipinski definition) is 3. The van der Waals surface area contributed by atoms with Crippen LogP contribution in [0.5, 0.6) is 0 Å². The van der Waals surface area contributed by atoms with Gasteiger partial charge in [-0.05, 0) is 30.0 Å². The smallest absolute Gasteiger partial charge is 0.249 e. The Balaban J connectivity index is 1.55. The SMILES string of the molecule is NC[C@H]1CC[C@@H](C(=O)NCC(c2ccccc2)c2c[nH]c3ccccc23)O1. The highest BCUT2D eigenvalue weighted by molar-refractivity contribution is 5.85. The third-order valence-electron chi connectivity index (χ3n) is 5.34. The summed E-state index contributed by atoms with van der Waals surface area (Å²) in [5, 5.41) is 4.28. The van der Waals surface area contributed by atoms with Crippen molar-refractivity contribution in [3.63, 3.8) is 0 Å². The summed E-state index contributed by atoms with van der Waals surface area (Å²) in [5.74, 6) is 0.0183. The maximum absolute atomic E-state index is 12.6. The summed E-state index contributed by atoms with van der Waals surface area (Å²) in [6.45, 7) is 0.990. The average molecular weight is 363 g/mol. The molecular formula is C22H25N3O2. The molecule has 140 valence electrons. The summed E-state index contributed by atoms with van der Waals surface area (Å²) in [6, 6.07) is 18.5. The number of aromatic nitrogens is 1. The van der Waals surface area contributed by atoms with E-state index in [0.29, 0.717) is 13.1 Å². The van der Waals surface area contributed by atoms with E-state index in [1.54, 1.807) is 0 Å². The van der Waals surface area contributed by atoms with Gasteiger partial charge >= 0.3 is 0 Å². The summed E-state index contributed by atoms with van der Waals surface area (Å²) in [5.41, 5.74) is 9.11. The molecule has 0 aliphatic carbocycles. The molecule has 0 saturated carbocycles. The minimum Gasteiger partial charge on any atom is -0.364 e. The summed E-state index contributed by atoms with van der Waals surface area (Å²) < 4.78 is 5.73. The van der Waals surface area contributed by atoms with Crippen molar-refractivity contribution in [3.05, 3.63) is 71.9 Å². The minimum absolute atomic E-state index is 0.000660. The zero-order valence-electron chi connectivity index (χ0n) is 15.2. The van der Waals surface area contributed by atoms with Crippen LogP contribution in [0.15, 0.2) is 60.8 Å². The average Bonchev–Trinajstić information content (AvgIpc) is 3.36. The van der Waals surface area contributed by atoms with Crippen LogP contribution in [0.2, 0.25) is 0 Å². The predicted octanol–water partition coefficient (Wildman–Crippen LogP) is 2.92. The lowest BCUT2D eigenvalue weighted by atomic mass is 9.91. The molecule has 4 N–H and O–H groups in total. The molecule has 2 heterocycles. The molecule has 5 nitrogen and oxygen atoms in total. The summed E-state index contributed by atoms with van der Waals surface area (Å²) >= 11 is 0. The van der Waals surface area contributed by atoms with Crippen LogP contribution in [0.25, 0.3) is 10.9 Å². The van der Waals surface area contributed by atoms with Crippen LogP contribution < -0.4 is 11.1 Å². The number of carbonyl (C=O) groups is 1. The second-order valence-corrected chi connectivity index (χ2v) is 7.06. The second kappa shape index (κ2) is 7.94. The number of ether oxygens (including phenoxy) is 1. The Labute approximate surface area is 158 Å². The second-order valence-electron chi connectivity index (χ2n) is 7.06. The summed E-state index contributed by atoms with van der Waals surface area (Å²) in [7, 11) is 0. The fourth-order valence-electron chi connectivity index (χ4n) is 3.86. The quantitative estimate of drug-likeness (QED) is 0.630. The molecule has 0 bridgehead atoms. The maximum atomic E-state index is 12.6. The monoisotopic (exact) mass is 363 g/mol. The molecule has 0 spiro atoms. The molecule has 1 amide bonds. The van der Waals surface area contributed by atoms with Crippen LogP contribution in [0, 0.1) is 0 Å². The van der Waals surface area contributed by atoms with Crippen LogP contribution >= 0.6 is 0 Å². The third-order valence-corrected chi connectivity index (χ3v) is 5.34. The number of rotatable bonds is 6. The van der Waals surface area contributed by atoms with Gasteiger partial charge in [0, 0.05) is 36.1 Å². The predicted molar refractivity (Wildman–Crippen MR) is 107 cm³/mol. The van der Waals surface area contributed by atoms with E-state index in [2.05, 4.69) is 34.6 Å². The highest BCUT2D eigenvalue weighted by Crippen LogP contribution is 2.30. The lowest BCUT2D eigenvalue weighted by molar-refractivity contribution is -0.131. The van der Waals surface area contributed by atoms with Gasteiger partial charge < -0.3 is 20.8 Å². The number of hydrogen-bond donors (Lipinski definition) is 3. The Bertz CT molecular complexity index is 906. The van der Waals surface area contributed by atoms with Crippen molar-refractivity contribution in [2.75, 3.05) is 13.1 Å². The van der Waals surface area contributed by atoms with E-state index in [1.165, 1.54) is 16.5 Å². The lowest BCUT2D eigenvalue weighted by Gasteiger charge is -2.20. The Morgan fingerprint density at radius 1 is 1.15 bits per heavy atom. The number of para-hydroxylation sites is 1. The van der Waals surface area contributed by atoms with Crippen LogP contribution in [-0.4, -0.2) is 36.2 Å². The molecule has 1 aromatic heterocycles. The Hall–Kier alpha value is -2.63. The first kappa shape index (κ1) is 17.8. The van der Waals surface area contributed by atoms with Gasteiger partial charge in [0.1, 0.15) is 6.10 Å². The van der Waals surface area contributed by atoms with Crippen LogP contribution in [0.3, 0.4) is 0 Å². The molecule has 1 unspecified atom stereocenters. The van der Waals surface area contributed by atoms with E-state index in [4.69, 9.17) is 10.5 Å². The van der Waals surface area contributed by atoms with Crippen molar-refractivity contribution >= 4 is 16.8 Å². The number of aromatic amines is 1. The molecule has 1 aliphatic rings. The Morgan fingerprint density at radius 3 is 2.70 bits per heavy atom. The number of benzene rings is 2. The molecule has 1 aliphatic heterocycles. The Kier molecular flexibility index (Phi) is 5.23. The van der Waals surface area contributed by atoms with E-state index in [1.807, 2.05) is 36.5 Å². The standard InChI is InChI=1S/C22H25N3O2/c23-12-16-10-11-21(27-16)22(26)25-13-18(15-6-2-1-3-7-15)19-14-24-20-9-5-4-8-17(19)20/h1-9,14,16,18,21,24H,10-13,23H2,(H,25,26)/t16-,18?,21+/m1/s1. The molecule has 2 aromatic carbocycles. The van der Waals surface area contributed by atoms with Gasteiger partial charge in [0.15, 0.2) is 0 Å².